The first-order valence-electron chi connectivity index (χ1n) is 8.70. The first-order valence-corrected chi connectivity index (χ1v) is 9.52. The van der Waals surface area contributed by atoms with Crippen LogP contribution in [-0.4, -0.2) is 25.6 Å². The summed E-state index contributed by atoms with van der Waals surface area (Å²) in [7, 11) is 0. The third-order valence-corrected chi connectivity index (χ3v) is 5.54. The molecule has 144 valence electrons. The number of rotatable bonds is 6. The maximum atomic E-state index is 11.4. The second kappa shape index (κ2) is 7.76. The van der Waals surface area contributed by atoms with E-state index in [1.807, 2.05) is 29.0 Å². The number of fused-ring (bicyclic) bond motifs is 1. The van der Waals surface area contributed by atoms with Crippen LogP contribution < -0.4 is 0 Å². The van der Waals surface area contributed by atoms with Crippen molar-refractivity contribution >= 4 is 34.3 Å². The van der Waals surface area contributed by atoms with E-state index in [9.17, 15) is 20.0 Å². The first kappa shape index (κ1) is 18.7. The third kappa shape index (κ3) is 3.83. The minimum atomic E-state index is -1.01. The van der Waals surface area contributed by atoms with E-state index in [0.717, 1.165) is 21.5 Å². The van der Waals surface area contributed by atoms with E-state index in [1.54, 1.807) is 42.6 Å². The Balaban J connectivity index is 1.82. The Morgan fingerprint density at radius 3 is 2.62 bits per heavy atom. The molecule has 0 spiro atoms. The average Bonchev–Trinajstić information content (AvgIpc) is 3.05. The Morgan fingerprint density at radius 1 is 1.10 bits per heavy atom. The lowest BCUT2D eigenvalue weighted by Crippen LogP contribution is -2.01. The lowest BCUT2D eigenvalue weighted by molar-refractivity contribution is -0.387. The summed E-state index contributed by atoms with van der Waals surface area (Å²) in [5, 5.41) is 21.5. The number of hydrogen-bond acceptors (Lipinski definition) is 5. The van der Waals surface area contributed by atoms with Gasteiger partial charge in [0.05, 0.1) is 33.1 Å². The lowest BCUT2D eigenvalue weighted by Gasteiger charge is -2.05. The summed E-state index contributed by atoms with van der Waals surface area (Å²) >= 11 is 1.29. The number of carboxylic acids is 1. The van der Waals surface area contributed by atoms with E-state index in [0.29, 0.717) is 11.4 Å². The molecule has 2 aromatic heterocycles. The normalized spacial score (nSPS) is 10.9. The number of benzene rings is 2. The number of hydrogen-bond donors (Lipinski definition) is 1. The van der Waals surface area contributed by atoms with Crippen molar-refractivity contribution in [2.24, 2.45) is 0 Å². The summed E-state index contributed by atoms with van der Waals surface area (Å²) in [5.41, 5.74) is 1.77. The molecule has 0 aliphatic carbocycles. The van der Waals surface area contributed by atoms with Gasteiger partial charge in [0.1, 0.15) is 0 Å². The molecular weight excluding hydrogens is 390 g/mol. The van der Waals surface area contributed by atoms with Crippen LogP contribution in [0.1, 0.15) is 16.1 Å². The molecule has 0 fully saturated rings. The number of carbonyl (C=O) groups is 1. The molecular formula is C21H15N3O4S. The molecule has 0 saturated heterocycles. The summed E-state index contributed by atoms with van der Waals surface area (Å²) in [6.07, 6.45) is 3.58. The largest absolute Gasteiger partial charge is 0.478 e. The number of carboxylic acid groups (broad SMARTS) is 1. The van der Waals surface area contributed by atoms with Gasteiger partial charge in [0.2, 0.25) is 0 Å². The van der Waals surface area contributed by atoms with E-state index in [-0.39, 0.29) is 11.3 Å². The molecule has 7 nitrogen and oxygen atoms in total. The number of para-hydroxylation sites is 1. The summed E-state index contributed by atoms with van der Waals surface area (Å²) in [4.78, 5) is 28.0. The minimum Gasteiger partial charge on any atom is -0.478 e. The van der Waals surface area contributed by atoms with Crippen LogP contribution in [0.4, 0.5) is 5.69 Å². The van der Waals surface area contributed by atoms with Gasteiger partial charge < -0.3 is 9.67 Å². The smallest absolute Gasteiger partial charge is 0.335 e. The summed E-state index contributed by atoms with van der Waals surface area (Å²) in [6.45, 7) is 0.456. The molecule has 4 rings (SSSR count). The second-order valence-electron chi connectivity index (χ2n) is 6.31. The van der Waals surface area contributed by atoms with Gasteiger partial charge in [-0.05, 0) is 30.3 Å². The standard InChI is InChI=1S/C21H15N3O4S/c25-21(26)14-8-9-16-18(11-14)23(12-15-5-3-4-10-22-15)13-20(16)29-19-7-2-1-6-17(19)24(27)28/h1-11,13H,12H2,(H,25,26). The van der Waals surface area contributed by atoms with Crippen molar-refractivity contribution in [1.29, 1.82) is 0 Å². The highest BCUT2D eigenvalue weighted by Crippen LogP contribution is 2.39. The quantitative estimate of drug-likeness (QED) is 0.364. The third-order valence-electron chi connectivity index (χ3n) is 4.43. The topological polar surface area (TPSA) is 98.3 Å². The Bertz CT molecular complexity index is 1220. The Labute approximate surface area is 169 Å². The van der Waals surface area contributed by atoms with Gasteiger partial charge in [-0.3, -0.25) is 15.1 Å². The highest BCUT2D eigenvalue weighted by molar-refractivity contribution is 7.99. The number of nitro benzene ring substituents is 1. The SMILES string of the molecule is O=C(O)c1ccc2c(Sc3ccccc3[N+](=O)[O-])cn(Cc3ccccn3)c2c1. The number of nitro groups is 1. The number of aromatic carboxylic acids is 1. The zero-order valence-corrected chi connectivity index (χ0v) is 15.9. The van der Waals surface area contributed by atoms with Crippen molar-refractivity contribution in [3.8, 4) is 0 Å². The van der Waals surface area contributed by atoms with Gasteiger partial charge >= 0.3 is 5.97 Å². The van der Waals surface area contributed by atoms with Crippen molar-refractivity contribution in [2.75, 3.05) is 0 Å². The van der Waals surface area contributed by atoms with Crippen molar-refractivity contribution in [3.63, 3.8) is 0 Å². The molecule has 2 aromatic carbocycles. The predicted octanol–water partition coefficient (Wildman–Crippen LogP) is 4.84. The molecule has 1 N–H and O–H groups in total. The monoisotopic (exact) mass is 405 g/mol. The van der Waals surface area contributed by atoms with Crippen LogP contribution in [0.2, 0.25) is 0 Å². The van der Waals surface area contributed by atoms with Crippen LogP contribution in [0, 0.1) is 10.1 Å². The fourth-order valence-electron chi connectivity index (χ4n) is 3.08. The molecule has 0 aliphatic rings. The molecule has 0 unspecified atom stereocenters. The Morgan fingerprint density at radius 2 is 1.90 bits per heavy atom. The minimum absolute atomic E-state index is 0.0327. The fraction of sp³-hybridized carbons (Fsp3) is 0.0476. The van der Waals surface area contributed by atoms with Gasteiger partial charge in [0, 0.05) is 28.7 Å². The molecule has 0 amide bonds. The van der Waals surface area contributed by atoms with E-state index < -0.39 is 10.9 Å². The van der Waals surface area contributed by atoms with Crippen LogP contribution in [0.3, 0.4) is 0 Å². The molecule has 29 heavy (non-hydrogen) atoms. The zero-order valence-electron chi connectivity index (χ0n) is 15.1. The van der Waals surface area contributed by atoms with Crippen LogP contribution in [0.15, 0.2) is 82.8 Å². The summed E-state index contributed by atoms with van der Waals surface area (Å²) in [5.74, 6) is -1.01. The number of aromatic nitrogens is 2. The van der Waals surface area contributed by atoms with Crippen molar-refractivity contribution in [1.82, 2.24) is 9.55 Å². The van der Waals surface area contributed by atoms with Gasteiger partial charge in [-0.2, -0.15) is 0 Å². The van der Waals surface area contributed by atoms with E-state index >= 15 is 0 Å². The Kier molecular flexibility index (Phi) is 5.01. The molecule has 0 atom stereocenters. The Hall–Kier alpha value is -3.65. The lowest BCUT2D eigenvalue weighted by atomic mass is 10.1. The number of nitrogens with zero attached hydrogens (tertiary/aromatic N) is 3. The van der Waals surface area contributed by atoms with Gasteiger partial charge in [-0.25, -0.2) is 4.79 Å². The maximum absolute atomic E-state index is 11.4. The van der Waals surface area contributed by atoms with Crippen LogP contribution in [-0.2, 0) is 6.54 Å². The molecule has 0 saturated carbocycles. The predicted molar refractivity (Wildman–Crippen MR) is 109 cm³/mol. The molecule has 4 aromatic rings. The zero-order chi connectivity index (χ0) is 20.4. The van der Waals surface area contributed by atoms with Gasteiger partial charge in [-0.1, -0.05) is 36.0 Å². The fourth-order valence-corrected chi connectivity index (χ4v) is 4.18. The molecule has 2 heterocycles. The van der Waals surface area contributed by atoms with Crippen molar-refractivity contribution in [2.45, 2.75) is 16.3 Å². The number of pyridine rings is 1. The molecule has 0 radical (unpaired) electrons. The summed E-state index contributed by atoms with van der Waals surface area (Å²) < 4.78 is 1.92. The highest BCUT2D eigenvalue weighted by Gasteiger charge is 2.18. The van der Waals surface area contributed by atoms with Crippen LogP contribution in [0.25, 0.3) is 10.9 Å². The van der Waals surface area contributed by atoms with Gasteiger partial charge in [0.25, 0.3) is 5.69 Å². The van der Waals surface area contributed by atoms with Crippen molar-refractivity contribution in [3.05, 3.63) is 94.4 Å². The van der Waals surface area contributed by atoms with E-state index in [1.165, 1.54) is 17.8 Å². The first-order chi connectivity index (χ1) is 14.0. The van der Waals surface area contributed by atoms with E-state index in [2.05, 4.69) is 4.98 Å². The maximum Gasteiger partial charge on any atom is 0.335 e. The van der Waals surface area contributed by atoms with E-state index in [4.69, 9.17) is 0 Å². The van der Waals surface area contributed by atoms with Crippen LogP contribution in [0.5, 0.6) is 0 Å². The molecule has 0 aliphatic heterocycles. The van der Waals surface area contributed by atoms with Crippen LogP contribution >= 0.6 is 11.8 Å². The molecule has 0 bridgehead atoms. The second-order valence-corrected chi connectivity index (χ2v) is 7.39. The molecule has 8 heteroatoms. The van der Waals surface area contributed by atoms with Gasteiger partial charge in [-0.15, -0.1) is 0 Å². The average molecular weight is 405 g/mol. The summed E-state index contributed by atoms with van der Waals surface area (Å²) in [6, 6.07) is 17.1. The van der Waals surface area contributed by atoms with Crippen molar-refractivity contribution < 1.29 is 14.8 Å². The van der Waals surface area contributed by atoms with Gasteiger partial charge in [0.15, 0.2) is 0 Å². The highest BCUT2D eigenvalue weighted by atomic mass is 32.2.